The number of pyridine rings is 1. The average molecular weight is 304 g/mol. The van der Waals surface area contributed by atoms with Crippen LogP contribution in [0.2, 0.25) is 10.0 Å². The predicted octanol–water partition coefficient (Wildman–Crippen LogP) is 3.86. The van der Waals surface area contributed by atoms with Gasteiger partial charge in [-0.05, 0) is 29.3 Å². The Bertz CT molecular complexity index is 529. The van der Waals surface area contributed by atoms with E-state index in [0.717, 1.165) is 16.8 Å². The largest absolute Gasteiger partial charge is 0.326 e. The van der Waals surface area contributed by atoms with Gasteiger partial charge in [-0.1, -0.05) is 35.3 Å². The van der Waals surface area contributed by atoms with Crippen LogP contribution in [0.5, 0.6) is 0 Å². The molecule has 0 atom stereocenters. The van der Waals surface area contributed by atoms with E-state index >= 15 is 0 Å². The molecule has 0 aliphatic rings. The van der Waals surface area contributed by atoms with Gasteiger partial charge in [0.1, 0.15) is 0 Å². The summed E-state index contributed by atoms with van der Waals surface area (Å²) >= 11 is 12.0. The standard InChI is InChI=1S/C13H12Cl2N2.ClH/c14-11-4-3-9(12(15)7-11)6-13-10(8-16)2-1-5-17-13;/h1-5,7H,6,8,16H2;1H. The summed E-state index contributed by atoms with van der Waals surface area (Å²) in [6.07, 6.45) is 2.43. The molecule has 0 spiro atoms. The summed E-state index contributed by atoms with van der Waals surface area (Å²) in [6, 6.07) is 9.35. The summed E-state index contributed by atoms with van der Waals surface area (Å²) in [5.74, 6) is 0. The highest BCUT2D eigenvalue weighted by molar-refractivity contribution is 6.35. The highest BCUT2D eigenvalue weighted by Crippen LogP contribution is 2.23. The molecule has 0 fully saturated rings. The molecule has 2 aromatic rings. The first-order valence-electron chi connectivity index (χ1n) is 5.27. The second kappa shape index (κ2) is 6.95. The summed E-state index contributed by atoms with van der Waals surface area (Å²) in [5, 5.41) is 1.30. The third-order valence-corrected chi connectivity index (χ3v) is 3.16. The van der Waals surface area contributed by atoms with Crippen LogP contribution >= 0.6 is 35.6 Å². The maximum absolute atomic E-state index is 6.13. The molecule has 0 aliphatic heterocycles. The normalized spacial score (nSPS) is 9.94. The van der Waals surface area contributed by atoms with Gasteiger partial charge in [-0.2, -0.15) is 0 Å². The van der Waals surface area contributed by atoms with E-state index in [2.05, 4.69) is 4.98 Å². The Morgan fingerprint density at radius 3 is 2.56 bits per heavy atom. The third kappa shape index (κ3) is 3.59. The Morgan fingerprint density at radius 2 is 1.89 bits per heavy atom. The lowest BCUT2D eigenvalue weighted by Crippen LogP contribution is -2.04. The number of hydrogen-bond donors (Lipinski definition) is 1. The third-order valence-electron chi connectivity index (χ3n) is 2.58. The molecular weight excluding hydrogens is 291 g/mol. The van der Waals surface area contributed by atoms with E-state index in [1.165, 1.54) is 0 Å². The number of nitrogens with zero attached hydrogens (tertiary/aromatic N) is 1. The smallest absolute Gasteiger partial charge is 0.0492 e. The van der Waals surface area contributed by atoms with Crippen LogP contribution in [0.15, 0.2) is 36.5 Å². The van der Waals surface area contributed by atoms with Crippen LogP contribution in [0.25, 0.3) is 0 Å². The van der Waals surface area contributed by atoms with Gasteiger partial charge in [0.15, 0.2) is 0 Å². The van der Waals surface area contributed by atoms with Crippen LogP contribution in [0.4, 0.5) is 0 Å². The van der Waals surface area contributed by atoms with Crippen molar-refractivity contribution in [3.8, 4) is 0 Å². The Kier molecular flexibility index (Phi) is 5.89. The summed E-state index contributed by atoms with van der Waals surface area (Å²) < 4.78 is 0. The Hall–Kier alpha value is -0.800. The van der Waals surface area contributed by atoms with E-state index in [1.807, 2.05) is 24.3 Å². The van der Waals surface area contributed by atoms with Crippen molar-refractivity contribution in [3.05, 3.63) is 63.4 Å². The number of hydrogen-bond acceptors (Lipinski definition) is 2. The number of benzene rings is 1. The fourth-order valence-corrected chi connectivity index (χ4v) is 2.14. The maximum atomic E-state index is 6.13. The van der Waals surface area contributed by atoms with E-state index in [9.17, 15) is 0 Å². The molecule has 1 aromatic heterocycles. The number of nitrogens with two attached hydrogens (primary N) is 1. The minimum atomic E-state index is 0. The van der Waals surface area contributed by atoms with Crippen molar-refractivity contribution < 1.29 is 0 Å². The van der Waals surface area contributed by atoms with Crippen LogP contribution in [-0.2, 0) is 13.0 Å². The highest BCUT2D eigenvalue weighted by atomic mass is 35.5. The van der Waals surface area contributed by atoms with Gasteiger partial charge in [0, 0.05) is 34.9 Å². The fourth-order valence-electron chi connectivity index (χ4n) is 1.66. The zero-order valence-electron chi connectivity index (χ0n) is 9.57. The minimum absolute atomic E-state index is 0. The second-order valence-corrected chi connectivity index (χ2v) is 4.57. The van der Waals surface area contributed by atoms with Crippen molar-refractivity contribution in [1.82, 2.24) is 4.98 Å². The zero-order valence-corrected chi connectivity index (χ0v) is 11.9. The lowest BCUT2D eigenvalue weighted by atomic mass is 10.1. The molecule has 2 rings (SSSR count). The SMILES string of the molecule is Cl.NCc1cccnc1Cc1ccc(Cl)cc1Cl. The van der Waals surface area contributed by atoms with Gasteiger partial charge in [0.25, 0.3) is 0 Å². The van der Waals surface area contributed by atoms with Crippen LogP contribution in [0, 0.1) is 0 Å². The Labute approximate surface area is 123 Å². The zero-order chi connectivity index (χ0) is 12.3. The highest BCUT2D eigenvalue weighted by Gasteiger charge is 2.06. The first kappa shape index (κ1) is 15.3. The summed E-state index contributed by atoms with van der Waals surface area (Å²) in [6.45, 7) is 0.481. The van der Waals surface area contributed by atoms with Gasteiger partial charge in [-0.3, -0.25) is 4.98 Å². The van der Waals surface area contributed by atoms with Crippen LogP contribution < -0.4 is 5.73 Å². The van der Waals surface area contributed by atoms with Crippen LogP contribution in [-0.4, -0.2) is 4.98 Å². The maximum Gasteiger partial charge on any atom is 0.0492 e. The van der Waals surface area contributed by atoms with Crippen molar-refractivity contribution in [1.29, 1.82) is 0 Å². The first-order chi connectivity index (χ1) is 8.20. The molecule has 1 heterocycles. The van der Waals surface area contributed by atoms with Crippen LogP contribution in [0.1, 0.15) is 16.8 Å². The fraction of sp³-hybridized carbons (Fsp3) is 0.154. The molecule has 5 heteroatoms. The van der Waals surface area contributed by atoms with E-state index in [1.54, 1.807) is 12.3 Å². The monoisotopic (exact) mass is 302 g/mol. The molecular formula is C13H13Cl3N2. The van der Waals surface area contributed by atoms with Crippen molar-refractivity contribution in [3.63, 3.8) is 0 Å². The number of halogens is 3. The van der Waals surface area contributed by atoms with Crippen LogP contribution in [0.3, 0.4) is 0 Å². The van der Waals surface area contributed by atoms with E-state index in [0.29, 0.717) is 23.0 Å². The van der Waals surface area contributed by atoms with Gasteiger partial charge in [0.2, 0.25) is 0 Å². The molecule has 18 heavy (non-hydrogen) atoms. The summed E-state index contributed by atoms with van der Waals surface area (Å²) in [4.78, 5) is 4.34. The molecule has 96 valence electrons. The lowest BCUT2D eigenvalue weighted by molar-refractivity contribution is 0.964. The van der Waals surface area contributed by atoms with Gasteiger partial charge in [-0.15, -0.1) is 12.4 Å². The van der Waals surface area contributed by atoms with Crippen molar-refractivity contribution in [2.75, 3.05) is 0 Å². The molecule has 0 saturated carbocycles. The quantitative estimate of drug-likeness (QED) is 0.935. The van der Waals surface area contributed by atoms with Gasteiger partial charge in [-0.25, -0.2) is 0 Å². The van der Waals surface area contributed by atoms with Gasteiger partial charge < -0.3 is 5.73 Å². The Morgan fingerprint density at radius 1 is 1.11 bits per heavy atom. The second-order valence-electron chi connectivity index (χ2n) is 3.73. The predicted molar refractivity (Wildman–Crippen MR) is 78.6 cm³/mol. The molecule has 2 N–H and O–H groups in total. The van der Waals surface area contributed by atoms with E-state index in [-0.39, 0.29) is 12.4 Å². The van der Waals surface area contributed by atoms with E-state index < -0.39 is 0 Å². The molecule has 2 nitrogen and oxygen atoms in total. The lowest BCUT2D eigenvalue weighted by Gasteiger charge is -2.08. The Balaban J connectivity index is 0.00000162. The van der Waals surface area contributed by atoms with Gasteiger partial charge in [0.05, 0.1) is 0 Å². The minimum Gasteiger partial charge on any atom is -0.326 e. The molecule has 0 saturated heterocycles. The number of aromatic nitrogens is 1. The molecule has 0 unspecified atom stereocenters. The first-order valence-corrected chi connectivity index (χ1v) is 6.03. The molecule has 1 aromatic carbocycles. The van der Waals surface area contributed by atoms with E-state index in [4.69, 9.17) is 28.9 Å². The topological polar surface area (TPSA) is 38.9 Å². The van der Waals surface area contributed by atoms with Crippen molar-refractivity contribution in [2.24, 2.45) is 5.73 Å². The summed E-state index contributed by atoms with van der Waals surface area (Å²) in [7, 11) is 0. The van der Waals surface area contributed by atoms with Gasteiger partial charge >= 0.3 is 0 Å². The van der Waals surface area contributed by atoms with Crippen molar-refractivity contribution in [2.45, 2.75) is 13.0 Å². The van der Waals surface area contributed by atoms with Crippen molar-refractivity contribution >= 4 is 35.6 Å². The average Bonchev–Trinajstić information content (AvgIpc) is 2.33. The molecule has 0 aliphatic carbocycles. The molecule has 0 bridgehead atoms. The molecule has 0 amide bonds. The summed E-state index contributed by atoms with van der Waals surface area (Å²) in [5.41, 5.74) is 8.67. The number of rotatable bonds is 3. The molecule has 0 radical (unpaired) electrons.